The number of carbonyl (C=O) groups excluding carboxylic acids is 1. The minimum Gasteiger partial charge on any atom is -0.310 e. The van der Waals surface area contributed by atoms with Crippen molar-refractivity contribution in [2.24, 2.45) is 5.92 Å². The van der Waals surface area contributed by atoms with Crippen molar-refractivity contribution in [3.05, 3.63) is 36.4 Å². The van der Waals surface area contributed by atoms with E-state index in [9.17, 15) is 4.79 Å². The molecule has 1 aromatic carbocycles. The van der Waals surface area contributed by atoms with Crippen LogP contribution in [0.1, 0.15) is 26.7 Å². The van der Waals surface area contributed by atoms with E-state index >= 15 is 0 Å². The number of rotatable bonds is 3. The Kier molecular flexibility index (Phi) is 4.39. The number of nitrogens with one attached hydrogen (secondary N) is 1. The van der Waals surface area contributed by atoms with Crippen molar-refractivity contribution < 1.29 is 4.79 Å². The number of benzene rings is 1. The van der Waals surface area contributed by atoms with E-state index < -0.39 is 0 Å². The molecule has 1 aromatic heterocycles. The number of nitrogens with zero attached hydrogens (tertiary/aromatic N) is 2. The number of carbonyl (C=O) groups is 1. The Hall–Kier alpha value is -1.94. The predicted octanol–water partition coefficient (Wildman–Crippen LogP) is 3.29. The van der Waals surface area contributed by atoms with E-state index in [1.807, 2.05) is 36.4 Å². The summed E-state index contributed by atoms with van der Waals surface area (Å²) in [6.45, 7) is 6.42. The number of aromatic nitrogens is 1. The molecule has 1 saturated heterocycles. The summed E-state index contributed by atoms with van der Waals surface area (Å²) in [5.74, 6) is 0.851. The van der Waals surface area contributed by atoms with Gasteiger partial charge in [-0.3, -0.25) is 4.79 Å². The zero-order chi connectivity index (χ0) is 15.5. The molecule has 2 aromatic rings. The highest BCUT2D eigenvalue weighted by atomic mass is 16.1. The predicted molar refractivity (Wildman–Crippen MR) is 89.8 cm³/mol. The molecule has 0 aliphatic carbocycles. The molecule has 1 fully saturated rings. The number of likely N-dealkylation sites (tertiary alicyclic amines) is 1. The molecule has 1 aliphatic heterocycles. The molecule has 2 heterocycles. The highest BCUT2D eigenvalue weighted by molar-refractivity contribution is 5.93. The molecular formula is C18H23N3O. The Morgan fingerprint density at radius 3 is 2.64 bits per heavy atom. The summed E-state index contributed by atoms with van der Waals surface area (Å²) >= 11 is 0. The highest BCUT2D eigenvalue weighted by Gasteiger charge is 2.26. The normalized spacial score (nSPS) is 17.0. The van der Waals surface area contributed by atoms with Crippen molar-refractivity contribution in [1.29, 1.82) is 0 Å². The smallest absolute Gasteiger partial charge is 0.228 e. The first-order valence-electron chi connectivity index (χ1n) is 8.04. The summed E-state index contributed by atoms with van der Waals surface area (Å²) in [5, 5.41) is 4.07. The van der Waals surface area contributed by atoms with Gasteiger partial charge in [0.05, 0.1) is 5.52 Å². The largest absolute Gasteiger partial charge is 0.310 e. The second-order valence-corrected chi connectivity index (χ2v) is 6.28. The van der Waals surface area contributed by atoms with E-state index in [1.165, 1.54) is 0 Å². The zero-order valence-corrected chi connectivity index (χ0v) is 13.2. The van der Waals surface area contributed by atoms with Crippen LogP contribution >= 0.6 is 0 Å². The van der Waals surface area contributed by atoms with Crippen molar-refractivity contribution in [2.45, 2.75) is 32.7 Å². The van der Waals surface area contributed by atoms with Crippen LogP contribution in [-0.4, -0.2) is 34.9 Å². The van der Waals surface area contributed by atoms with Gasteiger partial charge in [0.1, 0.15) is 5.82 Å². The quantitative estimate of drug-likeness (QED) is 0.945. The van der Waals surface area contributed by atoms with Crippen LogP contribution in [0.25, 0.3) is 10.9 Å². The molecule has 0 radical (unpaired) electrons. The standard InChI is InChI=1S/C18H23N3O/c1-13(2)21-11-9-15(10-12-21)18(22)20-17-8-7-14-5-3-4-6-16(14)19-17/h3-8,13,15H,9-12H2,1-2H3,(H,19,20,22). The third kappa shape index (κ3) is 3.28. The Balaban J connectivity index is 1.63. The molecule has 3 rings (SSSR count). The summed E-state index contributed by atoms with van der Waals surface area (Å²) in [6.07, 6.45) is 1.86. The van der Waals surface area contributed by atoms with Gasteiger partial charge in [-0.2, -0.15) is 0 Å². The third-order valence-electron chi connectivity index (χ3n) is 4.48. The Labute approximate surface area is 131 Å². The summed E-state index contributed by atoms with van der Waals surface area (Å²) in [7, 11) is 0. The van der Waals surface area contributed by atoms with Crippen LogP contribution in [0.15, 0.2) is 36.4 Å². The first-order valence-corrected chi connectivity index (χ1v) is 8.04. The van der Waals surface area contributed by atoms with Crippen LogP contribution in [0, 0.1) is 5.92 Å². The Morgan fingerprint density at radius 2 is 1.91 bits per heavy atom. The van der Waals surface area contributed by atoms with Gasteiger partial charge in [-0.1, -0.05) is 18.2 Å². The highest BCUT2D eigenvalue weighted by Crippen LogP contribution is 2.21. The monoisotopic (exact) mass is 297 g/mol. The van der Waals surface area contributed by atoms with E-state index in [2.05, 4.69) is 29.0 Å². The maximum absolute atomic E-state index is 12.4. The maximum Gasteiger partial charge on any atom is 0.228 e. The number of para-hydroxylation sites is 1. The van der Waals surface area contributed by atoms with Crippen LogP contribution in [0.3, 0.4) is 0 Å². The summed E-state index contributed by atoms with van der Waals surface area (Å²) in [5.41, 5.74) is 0.912. The van der Waals surface area contributed by atoms with Gasteiger partial charge in [0.15, 0.2) is 0 Å². The molecule has 22 heavy (non-hydrogen) atoms. The Bertz CT molecular complexity index is 660. The molecule has 4 nitrogen and oxygen atoms in total. The number of hydrogen-bond acceptors (Lipinski definition) is 3. The molecule has 4 heteroatoms. The van der Waals surface area contributed by atoms with Crippen LogP contribution in [0.2, 0.25) is 0 Å². The van der Waals surface area contributed by atoms with E-state index in [1.54, 1.807) is 0 Å². The zero-order valence-electron chi connectivity index (χ0n) is 13.2. The molecule has 1 aliphatic rings. The van der Waals surface area contributed by atoms with Gasteiger partial charge in [0, 0.05) is 17.3 Å². The minimum absolute atomic E-state index is 0.100. The summed E-state index contributed by atoms with van der Waals surface area (Å²) in [6, 6.07) is 12.4. The van der Waals surface area contributed by atoms with Gasteiger partial charge in [-0.05, 0) is 58.0 Å². The SMILES string of the molecule is CC(C)N1CCC(C(=O)Nc2ccc3ccccc3n2)CC1. The number of piperidine rings is 1. The van der Waals surface area contributed by atoms with Crippen molar-refractivity contribution in [3.8, 4) is 0 Å². The van der Waals surface area contributed by atoms with Gasteiger partial charge < -0.3 is 10.2 Å². The lowest BCUT2D eigenvalue weighted by molar-refractivity contribution is -0.121. The van der Waals surface area contributed by atoms with E-state index in [0.29, 0.717) is 11.9 Å². The van der Waals surface area contributed by atoms with E-state index in [0.717, 1.165) is 36.8 Å². The fourth-order valence-electron chi connectivity index (χ4n) is 3.04. The van der Waals surface area contributed by atoms with Gasteiger partial charge in [-0.15, -0.1) is 0 Å². The maximum atomic E-state index is 12.4. The van der Waals surface area contributed by atoms with Crippen molar-refractivity contribution in [2.75, 3.05) is 18.4 Å². The van der Waals surface area contributed by atoms with Gasteiger partial charge in [-0.25, -0.2) is 4.98 Å². The molecule has 1 amide bonds. The van der Waals surface area contributed by atoms with Crippen LogP contribution in [-0.2, 0) is 4.79 Å². The second-order valence-electron chi connectivity index (χ2n) is 6.28. The number of fused-ring (bicyclic) bond motifs is 1. The van der Waals surface area contributed by atoms with Gasteiger partial charge in [0.2, 0.25) is 5.91 Å². The summed E-state index contributed by atoms with van der Waals surface area (Å²) < 4.78 is 0. The molecule has 0 atom stereocenters. The molecule has 0 bridgehead atoms. The van der Waals surface area contributed by atoms with Gasteiger partial charge >= 0.3 is 0 Å². The molecular weight excluding hydrogens is 274 g/mol. The molecule has 0 spiro atoms. The first-order chi connectivity index (χ1) is 10.6. The average molecular weight is 297 g/mol. The molecule has 0 saturated carbocycles. The fraction of sp³-hybridized carbons (Fsp3) is 0.444. The number of hydrogen-bond donors (Lipinski definition) is 1. The lowest BCUT2D eigenvalue weighted by atomic mass is 9.95. The number of pyridine rings is 1. The van der Waals surface area contributed by atoms with Crippen molar-refractivity contribution in [3.63, 3.8) is 0 Å². The van der Waals surface area contributed by atoms with Gasteiger partial charge in [0.25, 0.3) is 0 Å². The number of anilines is 1. The average Bonchev–Trinajstić information content (AvgIpc) is 2.55. The topological polar surface area (TPSA) is 45.2 Å². The lowest BCUT2D eigenvalue weighted by Gasteiger charge is -2.33. The van der Waals surface area contributed by atoms with Crippen LogP contribution < -0.4 is 5.32 Å². The minimum atomic E-state index is 0.100. The third-order valence-corrected chi connectivity index (χ3v) is 4.48. The van der Waals surface area contributed by atoms with E-state index in [4.69, 9.17) is 0 Å². The van der Waals surface area contributed by atoms with E-state index in [-0.39, 0.29) is 11.8 Å². The first kappa shape index (κ1) is 15.0. The van der Waals surface area contributed by atoms with Crippen molar-refractivity contribution >= 4 is 22.6 Å². The second kappa shape index (κ2) is 6.44. The Morgan fingerprint density at radius 1 is 1.18 bits per heavy atom. The van der Waals surface area contributed by atoms with Crippen molar-refractivity contribution in [1.82, 2.24) is 9.88 Å². The fourth-order valence-corrected chi connectivity index (χ4v) is 3.04. The number of amides is 1. The molecule has 116 valence electrons. The molecule has 1 N–H and O–H groups in total. The molecule has 0 unspecified atom stereocenters. The van der Waals surface area contributed by atoms with Crippen LogP contribution in [0.5, 0.6) is 0 Å². The lowest BCUT2D eigenvalue weighted by Crippen LogP contribution is -2.41. The van der Waals surface area contributed by atoms with Crippen LogP contribution in [0.4, 0.5) is 5.82 Å². The summed E-state index contributed by atoms with van der Waals surface area (Å²) in [4.78, 5) is 19.3.